The number of thioether (sulfide) groups is 6. The summed E-state index contributed by atoms with van der Waals surface area (Å²) in [6.45, 7) is 14.2. The van der Waals surface area contributed by atoms with E-state index in [9.17, 15) is 9.59 Å². The number of hydrogen-bond acceptors (Lipinski definition) is 34. The van der Waals surface area contributed by atoms with Crippen LogP contribution in [0.5, 0.6) is 11.5 Å². The summed E-state index contributed by atoms with van der Waals surface area (Å²) in [6, 6.07) is 24.4. The van der Waals surface area contributed by atoms with Crippen molar-refractivity contribution in [3.63, 3.8) is 0 Å². The molecule has 0 spiro atoms. The molecule has 1 unspecified atom stereocenters. The van der Waals surface area contributed by atoms with Crippen molar-refractivity contribution in [2.75, 3.05) is 282 Å². The number of unbranched alkanes of at least 4 members (excludes halogenated alkanes) is 1. The highest BCUT2D eigenvalue weighted by atomic mass is 32.2. The molecule has 125 heavy (non-hydrogen) atoms. The molecular weight excluding hydrogens is 1730 g/mol. The summed E-state index contributed by atoms with van der Waals surface area (Å²) in [5.74, 6) is 5.09. The van der Waals surface area contributed by atoms with Gasteiger partial charge < -0.3 is 117 Å². The number of benzene rings is 5. The van der Waals surface area contributed by atoms with E-state index >= 15 is 0 Å². The van der Waals surface area contributed by atoms with Gasteiger partial charge in [0.2, 0.25) is 5.91 Å². The van der Waals surface area contributed by atoms with E-state index in [2.05, 4.69) is 51.7 Å². The lowest BCUT2D eigenvalue weighted by atomic mass is 10.1. The summed E-state index contributed by atoms with van der Waals surface area (Å²) < 4.78 is 109. The largest absolute Gasteiger partial charge is 0.457 e. The second-order valence-electron chi connectivity index (χ2n) is 27.6. The monoisotopic (exact) mass is 1850 g/mol. The van der Waals surface area contributed by atoms with Crippen molar-refractivity contribution in [3.8, 4) is 57.1 Å². The molecule has 0 aliphatic carbocycles. The normalized spacial score (nSPS) is 12.2. The molecule has 0 radical (unpaired) electrons. The molecule has 32 nitrogen and oxygen atoms in total. The van der Waals surface area contributed by atoms with Crippen LogP contribution in [0.25, 0.3) is 89.7 Å². The van der Waals surface area contributed by atoms with Crippen molar-refractivity contribution in [2.45, 2.75) is 54.7 Å². The molecule has 1 atom stereocenters. The number of nitrogens with one attached hydrogen (secondary N) is 3. The van der Waals surface area contributed by atoms with E-state index in [1.807, 2.05) is 18.2 Å². The topological polar surface area (TPSA) is 382 Å². The molecule has 10 rings (SSSR count). The summed E-state index contributed by atoms with van der Waals surface area (Å²) in [6.07, 6.45) is 1.68. The molecule has 2 aliphatic rings. The third-order valence-corrected chi connectivity index (χ3v) is 25.2. The van der Waals surface area contributed by atoms with Gasteiger partial charge in [-0.3, -0.25) is 9.59 Å². The molecule has 0 fully saturated rings. The number of nitrogens with two attached hydrogens (primary N) is 2. The average Bonchev–Trinajstić information content (AvgIpc) is 1.59. The Hall–Kier alpha value is -6.46. The van der Waals surface area contributed by atoms with Crippen LogP contribution in [0.1, 0.15) is 29.6 Å². The minimum absolute atomic E-state index is 0.313. The van der Waals surface area contributed by atoms with Gasteiger partial charge in [-0.05, 0) is 105 Å². The Labute approximate surface area is 755 Å². The van der Waals surface area contributed by atoms with Crippen molar-refractivity contribution >= 4 is 127 Å². The van der Waals surface area contributed by atoms with Gasteiger partial charge in [0, 0.05) is 156 Å². The number of aromatic nitrogens is 8. The van der Waals surface area contributed by atoms with Crippen molar-refractivity contribution in [2.24, 2.45) is 11.5 Å². The average molecular weight is 1850 g/mol. The van der Waals surface area contributed by atoms with E-state index in [-0.39, 0.29) is 0 Å². The highest BCUT2D eigenvalue weighted by Gasteiger charge is 2.28. The number of aromatic amines is 2. The van der Waals surface area contributed by atoms with Crippen LogP contribution >= 0.6 is 70.6 Å². The fourth-order valence-corrected chi connectivity index (χ4v) is 18.4. The predicted octanol–water partition coefficient (Wildman–Crippen LogP) is 12.0. The van der Waals surface area contributed by atoms with Gasteiger partial charge in [0.05, 0.1) is 198 Å². The van der Waals surface area contributed by atoms with Crippen LogP contribution in [-0.4, -0.2) is 340 Å². The molecule has 5 heterocycles. The zero-order valence-electron chi connectivity index (χ0n) is 72.2. The minimum atomic E-state index is -0.862. The van der Waals surface area contributed by atoms with Crippen LogP contribution < -0.4 is 21.5 Å². The number of rotatable bonds is 69. The van der Waals surface area contributed by atoms with E-state index in [0.29, 0.717) is 332 Å². The van der Waals surface area contributed by atoms with Gasteiger partial charge in [-0.2, -0.15) is 0 Å². The molecule has 8 aromatic rings. The summed E-state index contributed by atoms with van der Waals surface area (Å²) in [5, 5.41) is 5.68. The van der Waals surface area contributed by atoms with Crippen LogP contribution in [0.2, 0.25) is 0 Å². The molecule has 3 aromatic heterocycles. The molecule has 0 saturated carbocycles. The molecule has 2 aliphatic heterocycles. The number of primary amides is 1. The van der Waals surface area contributed by atoms with Gasteiger partial charge in [-0.1, -0.05) is 0 Å². The zero-order valence-corrected chi connectivity index (χ0v) is 77.1. The van der Waals surface area contributed by atoms with Gasteiger partial charge >= 0.3 is 0 Å². The van der Waals surface area contributed by atoms with E-state index in [1.54, 1.807) is 137 Å². The first-order chi connectivity index (χ1) is 61.5. The number of fused-ring (bicyclic) bond motifs is 20. The quantitative estimate of drug-likeness (QED) is 0.0175. The molecule has 0 saturated heterocycles. The standard InChI is InChI=1S/C87H119N11O21S6/c1-101-17-23-107-29-35-113-41-47-120-72-54-65-66(55-73(72)121-48-42-114-36-30-108-24-18-102-2)83-94-81(65)92-79-63-15-14-62(119-61-12-10-60(11-13-61)87(100)90-71(78(89)99)9-7-8-16-88)53-64(63)80(91-79)93-82-67-56-74(122-49-43-115-37-31-109-25-19-103-3)75(123-50-44-116-38-32-110-26-20-104-4)57-68(67)84(95-82)97-86-70-59-77(125-52-46-118-40-34-112-28-22-106-6)76(58-69(70)85(96-83)98-86)124-51-45-117-39-33-111-27-21-105-5/h10-15,53-59,71H,7-9,16-52,88H2,1-6H3,(H2,89,99)(H,90,100)(H2,91,92,93,94,95,96,97,98). The maximum Gasteiger partial charge on any atom is 0.251 e. The van der Waals surface area contributed by atoms with Gasteiger partial charge in [0.25, 0.3) is 5.91 Å². The number of methoxy groups -OCH3 is 6. The van der Waals surface area contributed by atoms with Crippen molar-refractivity contribution < 1.29 is 99.6 Å². The molecule has 5 aromatic carbocycles. The molecule has 2 amide bonds. The molecule has 38 heteroatoms. The summed E-state index contributed by atoms with van der Waals surface area (Å²) in [7, 11) is 9.89. The minimum Gasteiger partial charge on any atom is -0.457 e. The summed E-state index contributed by atoms with van der Waals surface area (Å²) in [5.41, 5.74) is 16.6. The Morgan fingerprint density at radius 2 is 0.600 bits per heavy atom. The Morgan fingerprint density at radius 1 is 0.328 bits per heavy atom. The van der Waals surface area contributed by atoms with Crippen LogP contribution in [-0.2, 0) is 90.1 Å². The second-order valence-corrected chi connectivity index (χ2v) is 34.4. The van der Waals surface area contributed by atoms with Gasteiger partial charge in [-0.25, -0.2) is 29.9 Å². The highest BCUT2D eigenvalue weighted by Crippen LogP contribution is 2.46. The lowest BCUT2D eigenvalue weighted by molar-refractivity contribution is -0.120. The highest BCUT2D eigenvalue weighted by molar-refractivity contribution is 8.03. The summed E-state index contributed by atoms with van der Waals surface area (Å²) >= 11 is 10.0. The Morgan fingerprint density at radius 3 is 0.896 bits per heavy atom. The van der Waals surface area contributed by atoms with Crippen LogP contribution in [0.4, 0.5) is 0 Å². The molecule has 7 N–H and O–H groups in total. The molecular formula is C87H119N11O21S6. The zero-order chi connectivity index (χ0) is 87.7. The third kappa shape index (κ3) is 33.8. The van der Waals surface area contributed by atoms with Crippen LogP contribution in [0, 0.1) is 0 Å². The lowest BCUT2D eigenvalue weighted by Gasteiger charge is -2.15. The van der Waals surface area contributed by atoms with Crippen molar-refractivity contribution in [1.82, 2.24) is 45.2 Å². The molecule has 684 valence electrons. The second kappa shape index (κ2) is 59.0. The van der Waals surface area contributed by atoms with Gasteiger partial charge in [0.15, 0.2) is 23.3 Å². The van der Waals surface area contributed by atoms with E-state index < -0.39 is 17.9 Å². The summed E-state index contributed by atoms with van der Waals surface area (Å²) in [4.78, 5) is 72.8. The van der Waals surface area contributed by atoms with Crippen LogP contribution in [0.15, 0.2) is 108 Å². The predicted molar refractivity (Wildman–Crippen MR) is 491 cm³/mol. The Balaban J connectivity index is 1.16. The number of amides is 2. The Bertz CT molecular complexity index is 4720. The number of ether oxygens (including phenoxy) is 19. The lowest BCUT2D eigenvalue weighted by Crippen LogP contribution is -2.44. The number of carbonyl (C=O) groups excluding carboxylic acids is 2. The number of hydrogen-bond donors (Lipinski definition) is 5. The SMILES string of the molecule is COCCOCCOCCSc1cc2c(cc1SCCOCCOCCOC)-c1nc-2nc2[nH]c(nc3nc(nc4[nH]c(n1)c1cc(SCCOCCOCCOC)c(SCCOCCOCCOC)cc41)-c1cc(SCCOCCOCCOC)c(SCCOCCOCCOC)cc1-3)c1cc(Oc3ccc(C(=O)NC(CCCCN)C(N)=O)cc3)ccc21. The number of H-pyrrole nitrogens is 2. The van der Waals surface area contributed by atoms with E-state index in [4.69, 9.17) is 131 Å². The number of carbonyl (C=O) groups is 2. The first kappa shape index (κ1) is 101. The molecule has 8 bridgehead atoms. The van der Waals surface area contributed by atoms with Crippen molar-refractivity contribution in [1.29, 1.82) is 0 Å². The van der Waals surface area contributed by atoms with Crippen LogP contribution in [0.3, 0.4) is 0 Å². The third-order valence-electron chi connectivity index (χ3n) is 18.7. The number of nitrogens with zero attached hydrogens (tertiary/aromatic N) is 6. The van der Waals surface area contributed by atoms with E-state index in [1.165, 1.54) is 0 Å². The van der Waals surface area contributed by atoms with Crippen molar-refractivity contribution in [3.05, 3.63) is 84.4 Å². The van der Waals surface area contributed by atoms with Gasteiger partial charge in [-0.15, -0.1) is 70.6 Å². The fraction of sp³-hybridized carbons (Fsp3) is 0.540. The maximum absolute atomic E-state index is 13.6. The fourth-order valence-electron chi connectivity index (χ4n) is 12.4. The maximum atomic E-state index is 13.6. The van der Waals surface area contributed by atoms with Gasteiger partial charge in [0.1, 0.15) is 40.1 Å². The van der Waals surface area contributed by atoms with E-state index in [0.717, 1.165) is 62.4 Å². The Kier molecular flexibility index (Phi) is 47.5. The first-order valence-corrected chi connectivity index (χ1v) is 47.7. The first-order valence-electron chi connectivity index (χ1n) is 41.8. The smallest absolute Gasteiger partial charge is 0.251 e.